The van der Waals surface area contributed by atoms with E-state index < -0.39 is 11.9 Å². The van der Waals surface area contributed by atoms with E-state index in [1.807, 2.05) is 0 Å². The van der Waals surface area contributed by atoms with E-state index in [0.717, 1.165) is 18.0 Å². The molecule has 1 atom stereocenters. The summed E-state index contributed by atoms with van der Waals surface area (Å²) in [6.45, 7) is 3.21. The lowest BCUT2D eigenvalue weighted by Crippen LogP contribution is -2.27. The first-order valence-corrected chi connectivity index (χ1v) is 6.00. The fourth-order valence-electron chi connectivity index (χ4n) is 1.32. The molecule has 0 amide bonds. The van der Waals surface area contributed by atoms with Gasteiger partial charge in [0.1, 0.15) is 5.71 Å². The molecule has 0 fully saturated rings. The minimum absolute atomic E-state index is 0.166. The van der Waals surface area contributed by atoms with Crippen LogP contribution in [0.2, 0.25) is 0 Å². The average Bonchev–Trinajstić information content (AvgIpc) is 2.34. The van der Waals surface area contributed by atoms with E-state index in [2.05, 4.69) is 16.7 Å². The number of thioether (sulfide) groups is 1. The van der Waals surface area contributed by atoms with Gasteiger partial charge in [0.25, 0.3) is 0 Å². The van der Waals surface area contributed by atoms with E-state index in [1.165, 1.54) is 6.20 Å². The van der Waals surface area contributed by atoms with Crippen LogP contribution in [-0.2, 0) is 4.79 Å². The van der Waals surface area contributed by atoms with Gasteiger partial charge in [0.2, 0.25) is 0 Å². The van der Waals surface area contributed by atoms with Crippen LogP contribution < -0.4 is 0 Å². The number of nitrogens with zero attached hydrogens (tertiary/aromatic N) is 2. The van der Waals surface area contributed by atoms with Gasteiger partial charge in [0, 0.05) is 24.6 Å². The predicted molar refractivity (Wildman–Crippen MR) is 66.9 cm³/mol. The second-order valence-corrected chi connectivity index (χ2v) is 4.62. The van der Waals surface area contributed by atoms with Crippen LogP contribution in [0.1, 0.15) is 6.42 Å². The first-order valence-electron chi connectivity index (χ1n) is 5.02. The predicted octanol–water partition coefficient (Wildman–Crippen LogP) is 3.00. The first-order chi connectivity index (χ1) is 8.47. The SMILES string of the molecule is C=N/C=C(/C=O)SCC1C=CN=C(C(F)(F)F)C1. The zero-order valence-corrected chi connectivity index (χ0v) is 10.2. The lowest BCUT2D eigenvalue weighted by molar-refractivity contribution is -0.104. The summed E-state index contributed by atoms with van der Waals surface area (Å²) in [7, 11) is 0. The monoisotopic (exact) mass is 276 g/mol. The molecule has 1 rings (SSSR count). The first kappa shape index (κ1) is 14.7. The van der Waals surface area contributed by atoms with Gasteiger partial charge in [-0.15, -0.1) is 11.8 Å². The van der Waals surface area contributed by atoms with Gasteiger partial charge in [-0.25, -0.2) is 0 Å². The molecule has 0 saturated heterocycles. The third-order valence-corrected chi connectivity index (χ3v) is 3.30. The number of alkyl halides is 3. The van der Waals surface area contributed by atoms with Gasteiger partial charge in [0.15, 0.2) is 6.29 Å². The van der Waals surface area contributed by atoms with E-state index in [9.17, 15) is 18.0 Å². The molecule has 7 heteroatoms. The lowest BCUT2D eigenvalue weighted by Gasteiger charge is -2.18. The summed E-state index contributed by atoms with van der Waals surface area (Å²) >= 11 is 1.15. The highest BCUT2D eigenvalue weighted by molar-refractivity contribution is 8.03. The molecular weight excluding hydrogens is 265 g/mol. The van der Waals surface area contributed by atoms with Crippen LogP contribution in [0, 0.1) is 5.92 Å². The summed E-state index contributed by atoms with van der Waals surface area (Å²) in [5.41, 5.74) is -0.783. The van der Waals surface area contributed by atoms with Gasteiger partial charge in [-0.2, -0.15) is 13.2 Å². The van der Waals surface area contributed by atoms with Gasteiger partial charge in [0.05, 0.1) is 4.91 Å². The Morgan fingerprint density at radius 3 is 2.94 bits per heavy atom. The molecule has 0 bridgehead atoms. The van der Waals surface area contributed by atoms with Crippen LogP contribution in [0.15, 0.2) is 33.4 Å². The zero-order chi connectivity index (χ0) is 13.6. The summed E-state index contributed by atoms with van der Waals surface area (Å²) in [5.74, 6) is 0.0726. The summed E-state index contributed by atoms with van der Waals surface area (Å²) in [5, 5.41) is 0. The van der Waals surface area contributed by atoms with Crippen LogP contribution in [0.5, 0.6) is 0 Å². The maximum absolute atomic E-state index is 12.4. The maximum atomic E-state index is 12.4. The minimum Gasteiger partial charge on any atom is -0.297 e. The van der Waals surface area contributed by atoms with Crippen LogP contribution >= 0.6 is 11.8 Å². The molecule has 0 aromatic rings. The molecular formula is C11H11F3N2OS. The molecule has 1 unspecified atom stereocenters. The molecule has 18 heavy (non-hydrogen) atoms. The second-order valence-electron chi connectivity index (χ2n) is 3.52. The fraction of sp³-hybridized carbons (Fsp3) is 0.364. The van der Waals surface area contributed by atoms with Gasteiger partial charge < -0.3 is 0 Å². The number of rotatable bonds is 5. The van der Waals surface area contributed by atoms with Crippen molar-refractivity contribution in [2.75, 3.05) is 5.75 Å². The van der Waals surface area contributed by atoms with Crippen molar-refractivity contribution >= 4 is 30.5 Å². The van der Waals surface area contributed by atoms with E-state index in [-0.39, 0.29) is 12.3 Å². The second kappa shape index (κ2) is 6.53. The van der Waals surface area contributed by atoms with Gasteiger partial charge in [-0.1, -0.05) is 6.08 Å². The van der Waals surface area contributed by atoms with Crippen LogP contribution in [0.25, 0.3) is 0 Å². The normalized spacial score (nSPS) is 20.5. The highest BCUT2D eigenvalue weighted by Gasteiger charge is 2.37. The lowest BCUT2D eigenvalue weighted by atomic mass is 10.0. The van der Waals surface area contributed by atoms with Crippen LogP contribution in [-0.4, -0.2) is 30.6 Å². The summed E-state index contributed by atoms with van der Waals surface area (Å²) in [6, 6.07) is 0. The largest absolute Gasteiger partial charge is 0.429 e. The third kappa shape index (κ3) is 4.48. The van der Waals surface area contributed by atoms with Crippen molar-refractivity contribution in [2.24, 2.45) is 15.9 Å². The van der Waals surface area contributed by atoms with E-state index in [1.54, 1.807) is 6.08 Å². The molecule has 0 spiro atoms. The van der Waals surface area contributed by atoms with Gasteiger partial charge in [-0.05, 0) is 12.6 Å². The molecule has 1 aliphatic heterocycles. The Morgan fingerprint density at radius 2 is 2.39 bits per heavy atom. The zero-order valence-electron chi connectivity index (χ0n) is 9.35. The molecule has 0 aromatic carbocycles. The molecule has 98 valence electrons. The van der Waals surface area contributed by atoms with E-state index in [0.29, 0.717) is 16.9 Å². The van der Waals surface area contributed by atoms with Crippen LogP contribution in [0.4, 0.5) is 13.2 Å². The molecule has 0 aromatic heterocycles. The number of hydrogen-bond acceptors (Lipinski definition) is 4. The van der Waals surface area contributed by atoms with Crippen molar-refractivity contribution in [3.8, 4) is 0 Å². The number of carbonyl (C=O) groups excluding carboxylic acids is 1. The van der Waals surface area contributed by atoms with Crippen molar-refractivity contribution in [1.82, 2.24) is 0 Å². The summed E-state index contributed by atoms with van der Waals surface area (Å²) < 4.78 is 37.3. The standard InChI is InChI=1S/C11H11F3N2OS/c1-15-5-9(6-17)18-7-8-2-3-16-10(4-8)11(12,13)14/h2-3,5-6,8H,1,4,7H2/b9-5-. The number of aliphatic imine (C=N–C) groups is 2. The number of halogens is 3. The van der Waals surface area contributed by atoms with E-state index >= 15 is 0 Å². The smallest absolute Gasteiger partial charge is 0.297 e. The molecule has 0 saturated carbocycles. The van der Waals surface area contributed by atoms with Crippen molar-refractivity contribution in [1.29, 1.82) is 0 Å². The van der Waals surface area contributed by atoms with Crippen molar-refractivity contribution in [2.45, 2.75) is 12.6 Å². The number of allylic oxidation sites excluding steroid dienone is 2. The van der Waals surface area contributed by atoms with E-state index in [4.69, 9.17) is 0 Å². The topological polar surface area (TPSA) is 41.8 Å². The average molecular weight is 276 g/mol. The maximum Gasteiger partial charge on any atom is 0.429 e. The van der Waals surface area contributed by atoms with Gasteiger partial charge >= 0.3 is 6.18 Å². The van der Waals surface area contributed by atoms with Crippen molar-refractivity contribution < 1.29 is 18.0 Å². The Kier molecular flexibility index (Phi) is 5.33. The fourth-order valence-corrected chi connectivity index (χ4v) is 2.17. The molecule has 1 heterocycles. The molecule has 3 nitrogen and oxygen atoms in total. The van der Waals surface area contributed by atoms with Gasteiger partial charge in [-0.3, -0.25) is 14.8 Å². The Morgan fingerprint density at radius 1 is 1.67 bits per heavy atom. The Labute approximate surface area is 107 Å². The molecule has 1 aliphatic rings. The van der Waals surface area contributed by atoms with Crippen LogP contribution in [0.3, 0.4) is 0 Å². The van der Waals surface area contributed by atoms with Crippen molar-refractivity contribution in [3.05, 3.63) is 23.4 Å². The number of carbonyl (C=O) groups is 1. The molecule has 0 radical (unpaired) electrons. The highest BCUT2D eigenvalue weighted by Crippen LogP contribution is 2.28. The molecule has 0 aliphatic carbocycles. The summed E-state index contributed by atoms with van der Waals surface area (Å²) in [6.07, 6.45) is 0.0908. The minimum atomic E-state index is -4.39. The third-order valence-electron chi connectivity index (χ3n) is 2.17. The number of aldehydes is 1. The Bertz CT molecular complexity index is 413. The number of hydrogen-bond donors (Lipinski definition) is 0. The quantitative estimate of drug-likeness (QED) is 0.440. The Hall–Kier alpha value is -1.37. The van der Waals surface area contributed by atoms with Crippen molar-refractivity contribution in [3.63, 3.8) is 0 Å². The highest BCUT2D eigenvalue weighted by atomic mass is 32.2. The molecule has 0 N–H and O–H groups in total. The summed E-state index contributed by atoms with van der Waals surface area (Å²) in [4.78, 5) is 17.7. The Balaban J connectivity index is 2.55.